The molecule has 0 aromatic heterocycles. The number of Topliss-reactive ketones (excluding diaryl/α,β-unsaturated/α-hetero) is 1. The lowest BCUT2D eigenvalue weighted by Crippen LogP contribution is -2.14. The Morgan fingerprint density at radius 1 is 1.09 bits per heavy atom. The number of nitrogens with two attached hydrogens (primary N) is 1. The van der Waals surface area contributed by atoms with Crippen LogP contribution >= 0.6 is 11.6 Å². The van der Waals surface area contributed by atoms with Crippen molar-refractivity contribution in [3.05, 3.63) is 58.6 Å². The molecule has 120 valence electrons. The van der Waals surface area contributed by atoms with Crippen LogP contribution < -0.4 is 10.5 Å². The standard InChI is InChI=1S/C17H16ClNO4/c1-2-22-13-6-3-11(4-7-13)16(20)10-23-17(21)12-5-8-14(18)15(19)9-12/h3-9H,2,10,19H2,1H3. The van der Waals surface area contributed by atoms with E-state index in [0.717, 1.165) is 0 Å². The van der Waals surface area contributed by atoms with Crippen LogP contribution in [-0.4, -0.2) is 25.0 Å². The minimum absolute atomic E-state index is 0.242. The van der Waals surface area contributed by atoms with E-state index in [1.807, 2.05) is 6.92 Å². The zero-order chi connectivity index (χ0) is 16.8. The minimum atomic E-state index is -0.632. The second-order valence-electron chi connectivity index (χ2n) is 4.69. The molecular formula is C17H16ClNO4. The second kappa shape index (κ2) is 7.65. The summed E-state index contributed by atoms with van der Waals surface area (Å²) in [5.74, 6) is -0.256. The summed E-state index contributed by atoms with van der Waals surface area (Å²) in [6.07, 6.45) is 0. The van der Waals surface area contributed by atoms with Crippen LogP contribution in [0.3, 0.4) is 0 Å². The lowest BCUT2D eigenvalue weighted by atomic mass is 10.1. The van der Waals surface area contributed by atoms with Crippen LogP contribution in [-0.2, 0) is 4.74 Å². The molecule has 5 nitrogen and oxygen atoms in total. The number of hydrogen-bond donors (Lipinski definition) is 1. The molecule has 0 heterocycles. The maximum atomic E-state index is 12.0. The van der Waals surface area contributed by atoms with Gasteiger partial charge < -0.3 is 15.2 Å². The summed E-state index contributed by atoms with van der Waals surface area (Å²) in [4.78, 5) is 23.9. The molecule has 6 heteroatoms. The summed E-state index contributed by atoms with van der Waals surface area (Å²) in [5.41, 5.74) is 6.59. The van der Waals surface area contributed by atoms with E-state index in [1.165, 1.54) is 18.2 Å². The molecule has 0 saturated heterocycles. The molecule has 23 heavy (non-hydrogen) atoms. The fourth-order valence-corrected chi connectivity index (χ4v) is 1.99. The molecule has 2 aromatic carbocycles. The normalized spacial score (nSPS) is 10.2. The smallest absolute Gasteiger partial charge is 0.338 e. The van der Waals surface area contributed by atoms with Crippen molar-refractivity contribution < 1.29 is 19.1 Å². The summed E-state index contributed by atoms with van der Waals surface area (Å²) in [7, 11) is 0. The fourth-order valence-electron chi connectivity index (χ4n) is 1.87. The maximum Gasteiger partial charge on any atom is 0.338 e. The van der Waals surface area contributed by atoms with Crippen LogP contribution in [0.5, 0.6) is 5.75 Å². The Morgan fingerprint density at radius 2 is 1.74 bits per heavy atom. The van der Waals surface area contributed by atoms with Gasteiger partial charge in [0.05, 0.1) is 22.9 Å². The first-order chi connectivity index (χ1) is 11.0. The van der Waals surface area contributed by atoms with Gasteiger partial charge in [-0.2, -0.15) is 0 Å². The van der Waals surface area contributed by atoms with Crippen molar-refractivity contribution in [1.29, 1.82) is 0 Å². The van der Waals surface area contributed by atoms with Crippen molar-refractivity contribution in [3.63, 3.8) is 0 Å². The number of carbonyl (C=O) groups excluding carboxylic acids is 2. The van der Waals surface area contributed by atoms with Gasteiger partial charge in [-0.25, -0.2) is 4.79 Å². The highest BCUT2D eigenvalue weighted by Crippen LogP contribution is 2.20. The molecule has 0 unspecified atom stereocenters. The number of halogens is 1. The van der Waals surface area contributed by atoms with Crippen LogP contribution in [0, 0.1) is 0 Å². The third-order valence-corrected chi connectivity index (χ3v) is 3.40. The van der Waals surface area contributed by atoms with Gasteiger partial charge in [0.2, 0.25) is 0 Å². The minimum Gasteiger partial charge on any atom is -0.494 e. The van der Waals surface area contributed by atoms with Gasteiger partial charge in [0.15, 0.2) is 12.4 Å². The predicted molar refractivity (Wildman–Crippen MR) is 88.1 cm³/mol. The SMILES string of the molecule is CCOc1ccc(C(=O)COC(=O)c2ccc(Cl)c(N)c2)cc1. The van der Waals surface area contributed by atoms with Crippen LogP contribution in [0.15, 0.2) is 42.5 Å². The maximum absolute atomic E-state index is 12.0. The largest absolute Gasteiger partial charge is 0.494 e. The number of carbonyl (C=O) groups is 2. The van der Waals surface area contributed by atoms with Crippen molar-refractivity contribution in [1.82, 2.24) is 0 Å². The van der Waals surface area contributed by atoms with E-state index in [0.29, 0.717) is 22.9 Å². The summed E-state index contributed by atoms with van der Waals surface area (Å²) < 4.78 is 10.3. The first kappa shape index (κ1) is 16.8. The zero-order valence-electron chi connectivity index (χ0n) is 12.5. The first-order valence-electron chi connectivity index (χ1n) is 6.99. The molecular weight excluding hydrogens is 318 g/mol. The van der Waals surface area contributed by atoms with E-state index in [-0.39, 0.29) is 23.6 Å². The Balaban J connectivity index is 1.95. The molecule has 0 radical (unpaired) electrons. The fraction of sp³-hybridized carbons (Fsp3) is 0.176. The number of ether oxygens (including phenoxy) is 2. The molecule has 0 spiro atoms. The molecule has 2 rings (SSSR count). The lowest BCUT2D eigenvalue weighted by molar-refractivity contribution is 0.0475. The van der Waals surface area contributed by atoms with Crippen molar-refractivity contribution >= 4 is 29.0 Å². The van der Waals surface area contributed by atoms with E-state index < -0.39 is 5.97 Å². The number of benzene rings is 2. The average molecular weight is 334 g/mol. The Bertz CT molecular complexity index is 713. The monoisotopic (exact) mass is 333 g/mol. The lowest BCUT2D eigenvalue weighted by Gasteiger charge is -2.07. The number of anilines is 1. The number of ketones is 1. The zero-order valence-corrected chi connectivity index (χ0v) is 13.3. The van der Waals surface area contributed by atoms with Gasteiger partial charge in [0.25, 0.3) is 0 Å². The van der Waals surface area contributed by atoms with E-state index in [1.54, 1.807) is 24.3 Å². The third kappa shape index (κ3) is 4.47. The van der Waals surface area contributed by atoms with E-state index in [2.05, 4.69) is 0 Å². The van der Waals surface area contributed by atoms with Gasteiger partial charge in [-0.1, -0.05) is 11.6 Å². The van der Waals surface area contributed by atoms with Crippen LogP contribution in [0.25, 0.3) is 0 Å². The second-order valence-corrected chi connectivity index (χ2v) is 5.10. The number of nitrogen functional groups attached to an aromatic ring is 1. The Morgan fingerprint density at radius 3 is 2.35 bits per heavy atom. The highest BCUT2D eigenvalue weighted by Gasteiger charge is 2.13. The first-order valence-corrected chi connectivity index (χ1v) is 7.37. The van der Waals surface area contributed by atoms with Gasteiger partial charge in [0.1, 0.15) is 5.75 Å². The summed E-state index contributed by atoms with van der Waals surface area (Å²) in [6.45, 7) is 2.08. The molecule has 0 fully saturated rings. The van der Waals surface area contributed by atoms with Gasteiger partial charge in [-0.05, 0) is 49.4 Å². The van der Waals surface area contributed by atoms with Crippen molar-refractivity contribution in [2.24, 2.45) is 0 Å². The topological polar surface area (TPSA) is 78.6 Å². The van der Waals surface area contributed by atoms with Crippen LogP contribution in [0.4, 0.5) is 5.69 Å². The van der Waals surface area contributed by atoms with Crippen LogP contribution in [0.1, 0.15) is 27.6 Å². The van der Waals surface area contributed by atoms with E-state index in [4.69, 9.17) is 26.8 Å². The van der Waals surface area contributed by atoms with Crippen molar-refractivity contribution in [2.75, 3.05) is 18.9 Å². The molecule has 0 bridgehead atoms. The summed E-state index contributed by atoms with van der Waals surface area (Å²) >= 11 is 5.79. The van der Waals surface area contributed by atoms with Gasteiger partial charge in [-0.15, -0.1) is 0 Å². The van der Waals surface area contributed by atoms with Crippen molar-refractivity contribution in [2.45, 2.75) is 6.92 Å². The number of esters is 1. The molecule has 0 aliphatic carbocycles. The predicted octanol–water partition coefficient (Wildman–Crippen LogP) is 3.36. The summed E-state index contributed by atoms with van der Waals surface area (Å²) in [5, 5.41) is 0.354. The van der Waals surface area contributed by atoms with Gasteiger partial charge in [0, 0.05) is 5.56 Å². The van der Waals surface area contributed by atoms with Crippen molar-refractivity contribution in [3.8, 4) is 5.75 Å². The highest BCUT2D eigenvalue weighted by atomic mass is 35.5. The Hall–Kier alpha value is -2.53. The van der Waals surface area contributed by atoms with E-state index in [9.17, 15) is 9.59 Å². The van der Waals surface area contributed by atoms with Gasteiger partial charge >= 0.3 is 5.97 Å². The average Bonchev–Trinajstić information content (AvgIpc) is 2.56. The van der Waals surface area contributed by atoms with E-state index >= 15 is 0 Å². The molecule has 0 amide bonds. The third-order valence-electron chi connectivity index (χ3n) is 3.05. The quantitative estimate of drug-likeness (QED) is 0.498. The van der Waals surface area contributed by atoms with Crippen LogP contribution in [0.2, 0.25) is 5.02 Å². The van der Waals surface area contributed by atoms with Gasteiger partial charge in [-0.3, -0.25) is 4.79 Å². The number of hydrogen-bond acceptors (Lipinski definition) is 5. The Kier molecular flexibility index (Phi) is 5.60. The number of rotatable bonds is 6. The molecule has 0 atom stereocenters. The summed E-state index contributed by atoms with van der Waals surface area (Å²) in [6, 6.07) is 11.0. The molecule has 0 aliphatic rings. The Labute approximate surface area is 139 Å². The molecule has 0 aliphatic heterocycles. The highest BCUT2D eigenvalue weighted by molar-refractivity contribution is 6.33. The molecule has 2 N–H and O–H groups in total. The molecule has 0 saturated carbocycles. The molecule has 2 aromatic rings.